The van der Waals surface area contributed by atoms with Gasteiger partial charge < -0.3 is 4.74 Å². The van der Waals surface area contributed by atoms with E-state index in [1.807, 2.05) is 12.1 Å². The summed E-state index contributed by atoms with van der Waals surface area (Å²) < 4.78 is 5.76. The van der Waals surface area contributed by atoms with Gasteiger partial charge in [0.05, 0.1) is 6.61 Å². The van der Waals surface area contributed by atoms with Crippen LogP contribution in [0.5, 0.6) is 5.75 Å². The van der Waals surface area contributed by atoms with Crippen LogP contribution >= 0.6 is 13.6 Å². The minimum absolute atomic E-state index is 0.700. The molecule has 0 spiro atoms. The Morgan fingerprint density at radius 1 is 1.25 bits per heavy atom. The van der Waals surface area contributed by atoms with Gasteiger partial charge in [-0.2, -0.15) is 18.2 Å². The van der Waals surface area contributed by atoms with Crippen molar-refractivity contribution in [2.24, 2.45) is 5.92 Å². The van der Waals surface area contributed by atoms with Crippen LogP contribution in [-0.4, -0.2) is 6.61 Å². The SMILES string of the molecule is Cc1c[c-]cc(C)c1OCCC(C)C.[Zn+][Br]. The Morgan fingerprint density at radius 3 is 2.19 bits per heavy atom. The maximum absolute atomic E-state index is 5.76. The van der Waals surface area contributed by atoms with E-state index in [1.165, 1.54) is 27.5 Å². The van der Waals surface area contributed by atoms with Gasteiger partial charge in [-0.25, -0.2) is 0 Å². The zero-order valence-corrected chi connectivity index (χ0v) is 15.2. The molecule has 1 nitrogen and oxygen atoms in total. The normalized spacial score (nSPS) is 9.75. The molecule has 3 heteroatoms. The standard InChI is InChI=1S/C13H19O.BrH.Zn/c1-10(2)8-9-14-13-11(3)6-5-7-12(13)4;;/h6-7,10H,8-9H2,1-4H3;1H;/q-1;;+2/p-1. The summed E-state index contributed by atoms with van der Waals surface area (Å²) in [5, 5.41) is 0. The van der Waals surface area contributed by atoms with E-state index < -0.39 is 0 Å². The van der Waals surface area contributed by atoms with Gasteiger partial charge in [-0.15, -0.1) is 11.1 Å². The third-order valence-electron chi connectivity index (χ3n) is 2.26. The molecule has 0 fully saturated rings. The van der Waals surface area contributed by atoms with E-state index in [1.54, 1.807) is 0 Å². The van der Waals surface area contributed by atoms with Crippen LogP contribution < -0.4 is 4.74 Å². The van der Waals surface area contributed by atoms with E-state index >= 15 is 0 Å². The first-order chi connectivity index (χ1) is 7.61. The van der Waals surface area contributed by atoms with Gasteiger partial charge in [0.25, 0.3) is 0 Å². The Hall–Kier alpha value is 0.123. The summed E-state index contributed by atoms with van der Waals surface area (Å²) in [6.45, 7) is 9.36. The van der Waals surface area contributed by atoms with Crippen LogP contribution in [0.2, 0.25) is 0 Å². The number of aryl methyl sites for hydroxylation is 2. The molecule has 1 rings (SSSR count). The van der Waals surface area contributed by atoms with Crippen molar-refractivity contribution in [3.05, 3.63) is 29.3 Å². The van der Waals surface area contributed by atoms with Crippen molar-refractivity contribution in [2.75, 3.05) is 6.61 Å². The van der Waals surface area contributed by atoms with Gasteiger partial charge in [0.2, 0.25) is 0 Å². The topological polar surface area (TPSA) is 9.23 Å². The molecule has 16 heavy (non-hydrogen) atoms. The zero-order chi connectivity index (χ0) is 12.6. The second-order valence-electron chi connectivity index (χ2n) is 4.18. The number of rotatable bonds is 4. The molecule has 1 aromatic carbocycles. The summed E-state index contributed by atoms with van der Waals surface area (Å²) in [4.78, 5) is 0. The van der Waals surface area contributed by atoms with E-state index in [0.717, 1.165) is 18.8 Å². The van der Waals surface area contributed by atoms with Crippen molar-refractivity contribution < 1.29 is 21.1 Å². The van der Waals surface area contributed by atoms with Crippen LogP contribution in [0, 0.1) is 25.8 Å². The fraction of sp³-hybridized carbons (Fsp3) is 0.538. The first-order valence-electron chi connectivity index (χ1n) is 5.48. The van der Waals surface area contributed by atoms with Crippen molar-refractivity contribution in [1.29, 1.82) is 0 Å². The van der Waals surface area contributed by atoms with Crippen molar-refractivity contribution in [2.45, 2.75) is 34.1 Å². The van der Waals surface area contributed by atoms with Crippen LogP contribution in [-0.2, 0) is 16.3 Å². The Labute approximate surface area is 116 Å². The van der Waals surface area contributed by atoms with Gasteiger partial charge in [-0.05, 0) is 12.3 Å². The first-order valence-corrected chi connectivity index (χ1v) is 12.4. The average Bonchev–Trinajstić information content (AvgIpc) is 2.25. The van der Waals surface area contributed by atoms with Gasteiger partial charge in [-0.1, -0.05) is 27.7 Å². The number of ether oxygens (including phenoxy) is 1. The van der Waals surface area contributed by atoms with Crippen molar-refractivity contribution >= 4 is 13.6 Å². The molecule has 86 valence electrons. The Balaban J connectivity index is 0.00000106. The third-order valence-corrected chi connectivity index (χ3v) is 2.26. The van der Waals surface area contributed by atoms with Gasteiger partial charge in [0.15, 0.2) is 0 Å². The number of hydrogen-bond donors (Lipinski definition) is 0. The summed E-state index contributed by atoms with van der Waals surface area (Å²) in [5.74, 6) is 1.73. The zero-order valence-electron chi connectivity index (χ0n) is 10.6. The molecule has 0 N–H and O–H groups in total. The summed E-state index contributed by atoms with van der Waals surface area (Å²) in [7, 11) is 0. The summed E-state index contributed by atoms with van der Waals surface area (Å²) >= 11 is 4.25. The molecular formula is C13H19BrOZn. The van der Waals surface area contributed by atoms with E-state index in [0.29, 0.717) is 5.92 Å². The Morgan fingerprint density at radius 2 is 1.75 bits per heavy atom. The van der Waals surface area contributed by atoms with Crippen molar-refractivity contribution in [3.63, 3.8) is 0 Å². The van der Waals surface area contributed by atoms with E-state index in [2.05, 4.69) is 47.4 Å². The molecule has 0 aliphatic heterocycles. The van der Waals surface area contributed by atoms with Crippen molar-refractivity contribution in [1.82, 2.24) is 0 Å². The number of benzene rings is 1. The average molecular weight is 337 g/mol. The van der Waals surface area contributed by atoms with Crippen LogP contribution in [0.4, 0.5) is 0 Å². The predicted molar refractivity (Wildman–Crippen MR) is 68.6 cm³/mol. The fourth-order valence-corrected chi connectivity index (χ4v) is 1.36. The monoisotopic (exact) mass is 334 g/mol. The fourth-order valence-electron chi connectivity index (χ4n) is 1.36. The van der Waals surface area contributed by atoms with Gasteiger partial charge in [-0.3, -0.25) is 0 Å². The predicted octanol–water partition coefficient (Wildman–Crippen LogP) is 4.37. The molecule has 0 aliphatic rings. The molecule has 0 heterocycles. The minimum atomic E-state index is 0.700. The molecule has 0 saturated carbocycles. The first kappa shape index (κ1) is 16.1. The maximum atomic E-state index is 5.76. The van der Waals surface area contributed by atoms with Gasteiger partial charge in [0, 0.05) is 5.75 Å². The molecule has 0 bridgehead atoms. The van der Waals surface area contributed by atoms with Crippen LogP contribution in [0.25, 0.3) is 0 Å². The van der Waals surface area contributed by atoms with Crippen LogP contribution in [0.3, 0.4) is 0 Å². The summed E-state index contributed by atoms with van der Waals surface area (Å²) in [5.41, 5.74) is 2.35. The second kappa shape index (κ2) is 9.18. The van der Waals surface area contributed by atoms with Crippen LogP contribution in [0.1, 0.15) is 31.4 Å². The van der Waals surface area contributed by atoms with Crippen LogP contribution in [0.15, 0.2) is 12.1 Å². The summed E-state index contributed by atoms with van der Waals surface area (Å²) in [6.07, 6.45) is 1.11. The molecule has 0 radical (unpaired) electrons. The Bertz CT molecular complexity index is 280. The van der Waals surface area contributed by atoms with E-state index in [-0.39, 0.29) is 0 Å². The van der Waals surface area contributed by atoms with Crippen molar-refractivity contribution in [3.8, 4) is 5.75 Å². The summed E-state index contributed by atoms with van der Waals surface area (Å²) in [6, 6.07) is 7.03. The molecular weight excluding hydrogens is 317 g/mol. The molecule has 0 saturated heterocycles. The quantitative estimate of drug-likeness (QED) is 0.586. The second-order valence-corrected chi connectivity index (χ2v) is 4.18. The number of halogens is 1. The molecule has 1 aromatic rings. The number of hydrogen-bond acceptors (Lipinski definition) is 1. The van der Waals surface area contributed by atoms with E-state index in [9.17, 15) is 0 Å². The third kappa shape index (κ3) is 6.01. The molecule has 0 unspecified atom stereocenters. The Kier molecular flexibility index (Phi) is 9.26. The molecule has 0 atom stereocenters. The van der Waals surface area contributed by atoms with E-state index in [4.69, 9.17) is 4.74 Å². The molecule has 0 aromatic heterocycles. The molecule has 0 amide bonds. The molecule has 0 aliphatic carbocycles. The van der Waals surface area contributed by atoms with Gasteiger partial charge >= 0.3 is 30.0 Å². The van der Waals surface area contributed by atoms with Gasteiger partial charge in [0.1, 0.15) is 0 Å².